The number of pyridine rings is 1. The number of nitrogens with zero attached hydrogens (tertiary/aromatic N) is 2. The van der Waals surface area contributed by atoms with Gasteiger partial charge in [0, 0.05) is 31.5 Å². The minimum absolute atomic E-state index is 0.486. The smallest absolute Gasteiger partial charge is 0.0312 e. The van der Waals surface area contributed by atoms with E-state index in [1.807, 2.05) is 12.3 Å². The van der Waals surface area contributed by atoms with Crippen molar-refractivity contribution in [1.29, 1.82) is 0 Å². The van der Waals surface area contributed by atoms with Gasteiger partial charge in [-0.3, -0.25) is 9.88 Å². The Morgan fingerprint density at radius 2 is 2.31 bits per heavy atom. The maximum atomic E-state index is 5.81. The molecule has 1 rings (SSSR count). The van der Waals surface area contributed by atoms with Crippen molar-refractivity contribution in [3.8, 4) is 0 Å². The summed E-state index contributed by atoms with van der Waals surface area (Å²) in [5.41, 5.74) is 7.06. The lowest BCUT2D eigenvalue weighted by Gasteiger charge is -2.26. The van der Waals surface area contributed by atoms with Crippen molar-refractivity contribution in [1.82, 2.24) is 9.88 Å². The van der Waals surface area contributed by atoms with E-state index in [0.717, 1.165) is 13.1 Å². The standard InChI is InChI=1S/C13H23N3/c1-3-4-7-13(9-14)16(2)11-12-6-5-8-15-10-12/h5-6,8,10,13H,3-4,7,9,11,14H2,1-2H3. The molecule has 0 aliphatic rings. The Balaban J connectivity index is 2.46. The Hall–Kier alpha value is -0.930. The van der Waals surface area contributed by atoms with Crippen molar-refractivity contribution >= 4 is 0 Å². The molecule has 1 atom stereocenters. The molecular weight excluding hydrogens is 198 g/mol. The third-order valence-electron chi connectivity index (χ3n) is 2.94. The number of aromatic nitrogens is 1. The van der Waals surface area contributed by atoms with Gasteiger partial charge < -0.3 is 5.73 Å². The lowest BCUT2D eigenvalue weighted by atomic mass is 10.1. The Morgan fingerprint density at radius 3 is 2.88 bits per heavy atom. The van der Waals surface area contributed by atoms with Gasteiger partial charge in [-0.05, 0) is 25.1 Å². The van der Waals surface area contributed by atoms with Crippen LogP contribution >= 0.6 is 0 Å². The zero-order valence-electron chi connectivity index (χ0n) is 10.4. The van der Waals surface area contributed by atoms with E-state index < -0.39 is 0 Å². The molecule has 0 aliphatic carbocycles. The fourth-order valence-electron chi connectivity index (χ4n) is 1.87. The predicted octanol–water partition coefficient (Wildman–Crippen LogP) is 2.03. The van der Waals surface area contributed by atoms with E-state index in [1.165, 1.54) is 24.8 Å². The normalized spacial score (nSPS) is 13.0. The topological polar surface area (TPSA) is 42.1 Å². The van der Waals surface area contributed by atoms with Crippen molar-refractivity contribution in [2.75, 3.05) is 13.6 Å². The lowest BCUT2D eigenvalue weighted by molar-refractivity contribution is 0.223. The number of hydrogen-bond acceptors (Lipinski definition) is 3. The fraction of sp³-hybridized carbons (Fsp3) is 0.615. The molecule has 1 aromatic rings. The highest BCUT2D eigenvalue weighted by atomic mass is 15.1. The van der Waals surface area contributed by atoms with E-state index in [-0.39, 0.29) is 0 Å². The molecule has 0 aliphatic heterocycles. The van der Waals surface area contributed by atoms with E-state index in [0.29, 0.717) is 6.04 Å². The predicted molar refractivity (Wildman–Crippen MR) is 68.1 cm³/mol. The van der Waals surface area contributed by atoms with E-state index >= 15 is 0 Å². The molecule has 0 spiro atoms. The highest BCUT2D eigenvalue weighted by molar-refractivity contribution is 5.08. The Kier molecular flexibility index (Phi) is 6.04. The van der Waals surface area contributed by atoms with Gasteiger partial charge >= 0.3 is 0 Å². The SMILES string of the molecule is CCCCC(CN)N(C)Cc1cccnc1. The highest BCUT2D eigenvalue weighted by Gasteiger charge is 2.12. The molecule has 1 heterocycles. The van der Waals surface area contributed by atoms with Gasteiger partial charge in [0.15, 0.2) is 0 Å². The third kappa shape index (κ3) is 4.29. The minimum atomic E-state index is 0.486. The first-order valence-electron chi connectivity index (χ1n) is 6.07. The molecule has 0 fully saturated rings. The van der Waals surface area contributed by atoms with Crippen molar-refractivity contribution in [3.63, 3.8) is 0 Å². The maximum absolute atomic E-state index is 5.81. The molecule has 0 aromatic carbocycles. The second-order valence-corrected chi connectivity index (χ2v) is 4.31. The molecule has 1 aromatic heterocycles. The Morgan fingerprint density at radius 1 is 1.50 bits per heavy atom. The van der Waals surface area contributed by atoms with Crippen LogP contribution in [-0.2, 0) is 6.54 Å². The molecule has 0 saturated carbocycles. The summed E-state index contributed by atoms with van der Waals surface area (Å²) in [6.07, 6.45) is 7.39. The molecule has 1 unspecified atom stereocenters. The van der Waals surface area contributed by atoms with Crippen LogP contribution in [0.3, 0.4) is 0 Å². The molecule has 0 radical (unpaired) electrons. The monoisotopic (exact) mass is 221 g/mol. The second kappa shape index (κ2) is 7.36. The number of hydrogen-bond donors (Lipinski definition) is 1. The Labute approximate surface area is 98.7 Å². The van der Waals surface area contributed by atoms with E-state index in [4.69, 9.17) is 5.73 Å². The van der Waals surface area contributed by atoms with E-state index in [9.17, 15) is 0 Å². The van der Waals surface area contributed by atoms with Crippen LogP contribution in [0.5, 0.6) is 0 Å². The maximum Gasteiger partial charge on any atom is 0.0312 e. The summed E-state index contributed by atoms with van der Waals surface area (Å²) in [4.78, 5) is 6.45. The average Bonchev–Trinajstić information content (AvgIpc) is 2.31. The molecule has 3 nitrogen and oxygen atoms in total. The molecular formula is C13H23N3. The lowest BCUT2D eigenvalue weighted by Crippen LogP contribution is -2.37. The zero-order valence-corrected chi connectivity index (χ0v) is 10.4. The minimum Gasteiger partial charge on any atom is -0.329 e. The van der Waals surface area contributed by atoms with Crippen molar-refractivity contribution < 1.29 is 0 Å². The fourth-order valence-corrected chi connectivity index (χ4v) is 1.87. The largest absolute Gasteiger partial charge is 0.329 e. The molecule has 0 saturated heterocycles. The van der Waals surface area contributed by atoms with Crippen molar-refractivity contribution in [2.45, 2.75) is 38.8 Å². The molecule has 0 amide bonds. The van der Waals surface area contributed by atoms with Crippen LogP contribution in [0.25, 0.3) is 0 Å². The van der Waals surface area contributed by atoms with Crippen LogP contribution in [0.1, 0.15) is 31.7 Å². The quantitative estimate of drug-likeness (QED) is 0.766. The zero-order chi connectivity index (χ0) is 11.8. The second-order valence-electron chi connectivity index (χ2n) is 4.31. The van der Waals surface area contributed by atoms with Crippen LogP contribution < -0.4 is 5.73 Å². The van der Waals surface area contributed by atoms with Gasteiger partial charge in [0.05, 0.1) is 0 Å². The van der Waals surface area contributed by atoms with Crippen LogP contribution in [-0.4, -0.2) is 29.5 Å². The summed E-state index contributed by atoms with van der Waals surface area (Å²) in [5.74, 6) is 0. The molecule has 0 bridgehead atoms. The van der Waals surface area contributed by atoms with Gasteiger partial charge in [0.2, 0.25) is 0 Å². The van der Waals surface area contributed by atoms with E-state index in [2.05, 4.69) is 29.9 Å². The van der Waals surface area contributed by atoms with E-state index in [1.54, 1.807) is 6.20 Å². The summed E-state index contributed by atoms with van der Waals surface area (Å²) >= 11 is 0. The van der Waals surface area contributed by atoms with Gasteiger partial charge in [-0.1, -0.05) is 25.8 Å². The Bertz CT molecular complexity index is 274. The van der Waals surface area contributed by atoms with Gasteiger partial charge in [-0.25, -0.2) is 0 Å². The summed E-state index contributed by atoms with van der Waals surface area (Å²) in [6.45, 7) is 3.88. The van der Waals surface area contributed by atoms with Crippen LogP contribution in [0.4, 0.5) is 0 Å². The molecule has 2 N–H and O–H groups in total. The summed E-state index contributed by atoms with van der Waals surface area (Å²) in [5, 5.41) is 0. The van der Waals surface area contributed by atoms with Gasteiger partial charge in [-0.2, -0.15) is 0 Å². The van der Waals surface area contributed by atoms with Crippen LogP contribution in [0, 0.1) is 0 Å². The van der Waals surface area contributed by atoms with Crippen molar-refractivity contribution in [3.05, 3.63) is 30.1 Å². The first-order valence-corrected chi connectivity index (χ1v) is 6.07. The summed E-state index contributed by atoms with van der Waals surface area (Å²) < 4.78 is 0. The van der Waals surface area contributed by atoms with Crippen LogP contribution in [0.2, 0.25) is 0 Å². The first-order chi connectivity index (χ1) is 7.77. The highest BCUT2D eigenvalue weighted by Crippen LogP contribution is 2.09. The van der Waals surface area contributed by atoms with Gasteiger partial charge in [0.25, 0.3) is 0 Å². The molecule has 16 heavy (non-hydrogen) atoms. The molecule has 90 valence electrons. The summed E-state index contributed by atoms with van der Waals surface area (Å²) in [7, 11) is 2.14. The summed E-state index contributed by atoms with van der Waals surface area (Å²) in [6, 6.07) is 4.57. The number of nitrogens with two attached hydrogens (primary N) is 1. The average molecular weight is 221 g/mol. The number of likely N-dealkylation sites (N-methyl/N-ethyl adjacent to an activating group) is 1. The van der Waals surface area contributed by atoms with Gasteiger partial charge in [-0.15, -0.1) is 0 Å². The number of unbranched alkanes of at least 4 members (excludes halogenated alkanes) is 1. The third-order valence-corrected chi connectivity index (χ3v) is 2.94. The van der Waals surface area contributed by atoms with Gasteiger partial charge in [0.1, 0.15) is 0 Å². The van der Waals surface area contributed by atoms with Crippen molar-refractivity contribution in [2.24, 2.45) is 5.73 Å². The number of rotatable bonds is 7. The molecule has 3 heteroatoms. The first kappa shape index (κ1) is 13.1. The van der Waals surface area contributed by atoms with Crippen LogP contribution in [0.15, 0.2) is 24.5 Å².